The van der Waals surface area contributed by atoms with E-state index in [0.717, 1.165) is 76.3 Å². The van der Waals surface area contributed by atoms with Gasteiger partial charge in [0.05, 0.1) is 15.0 Å². The molecule has 79 heavy (non-hydrogen) atoms. The minimum atomic E-state index is -4.68. The van der Waals surface area contributed by atoms with Gasteiger partial charge in [-0.1, -0.05) is 85.1 Å². The minimum Gasteiger partial charge on any atom is -0.748 e. The summed E-state index contributed by atoms with van der Waals surface area (Å²) in [5, 5.41) is 2.86. The predicted octanol–water partition coefficient (Wildman–Crippen LogP) is 2.05. The fourth-order valence-electron chi connectivity index (χ4n) is 10.6. The first-order chi connectivity index (χ1) is 36.2. The van der Waals surface area contributed by atoms with E-state index in [9.17, 15) is 40.3 Å². The molecule has 3 heterocycles. The Morgan fingerprint density at radius 2 is 1.58 bits per heavy atom. The molecule has 7 rings (SSSR count). The van der Waals surface area contributed by atoms with Gasteiger partial charge >= 0.3 is 69.7 Å². The van der Waals surface area contributed by atoms with E-state index in [2.05, 4.69) is 65.9 Å². The summed E-state index contributed by atoms with van der Waals surface area (Å²) in [6, 6.07) is 21.4. The van der Waals surface area contributed by atoms with E-state index in [4.69, 9.17) is 17.4 Å². The number of anilines is 1. The first-order valence-corrected chi connectivity index (χ1v) is 30.2. The number of benzene rings is 3. The van der Waals surface area contributed by atoms with Crippen molar-refractivity contribution in [1.29, 1.82) is 0 Å². The summed E-state index contributed by atoms with van der Waals surface area (Å²) in [4.78, 5) is 41.3. The number of ether oxygens (including phenoxy) is 1. The van der Waals surface area contributed by atoms with Crippen LogP contribution in [0, 0.1) is 17.9 Å². The molecule has 1 fully saturated rings. The second kappa shape index (κ2) is 29.3. The van der Waals surface area contributed by atoms with Crippen LogP contribution in [-0.2, 0) is 62.5 Å². The molecule has 3 amide bonds. The number of imide groups is 1. The Balaban J connectivity index is 0.00000217. The zero-order valence-corrected chi connectivity index (χ0v) is 53.4. The molecule has 0 aromatic heterocycles. The van der Waals surface area contributed by atoms with Crippen LogP contribution in [0.2, 0.25) is 0 Å². The fraction of sp³-hybridized carbons (Fsp3) is 0.474. The van der Waals surface area contributed by atoms with Crippen LogP contribution < -0.4 is 74.1 Å². The normalized spacial score (nSPS) is 18.6. The van der Waals surface area contributed by atoms with Crippen molar-refractivity contribution < 1.29 is 121 Å². The Hall–Kier alpha value is -4.06. The Labute approximate surface area is 512 Å². The summed E-state index contributed by atoms with van der Waals surface area (Å²) >= 11 is 0. The van der Waals surface area contributed by atoms with Crippen molar-refractivity contribution in [2.45, 2.75) is 135 Å². The summed E-state index contributed by atoms with van der Waals surface area (Å²) in [5.74, 6) is 0.0693. The smallest absolute Gasteiger partial charge is 0.748 e. The Morgan fingerprint density at radius 1 is 0.886 bits per heavy atom. The largest absolute Gasteiger partial charge is 1.00 e. The Kier molecular flexibility index (Phi) is 25.0. The van der Waals surface area contributed by atoms with Gasteiger partial charge in [-0.3, -0.25) is 19.3 Å². The van der Waals surface area contributed by atoms with Gasteiger partial charge < -0.3 is 24.1 Å². The van der Waals surface area contributed by atoms with Crippen LogP contribution in [0.15, 0.2) is 112 Å². The summed E-state index contributed by atoms with van der Waals surface area (Å²) in [6.45, 7) is 16.0. The van der Waals surface area contributed by atoms with Crippen LogP contribution in [-0.4, -0.2) is 103 Å². The molecule has 0 saturated carbocycles. The van der Waals surface area contributed by atoms with Gasteiger partial charge in [-0.05, 0) is 109 Å². The number of nitrogens with one attached hydrogen (secondary N) is 1. The van der Waals surface area contributed by atoms with Gasteiger partial charge in [-0.25, -0.2) is 21.4 Å². The molecule has 3 aliphatic heterocycles. The number of unbranched alkanes of at least 4 members (excludes halogenated alkanes) is 3. The number of fused-ring (bicyclic) bond motifs is 2. The molecule has 1 unspecified atom stereocenters. The van der Waals surface area contributed by atoms with E-state index < -0.39 is 47.4 Å². The van der Waals surface area contributed by atoms with Crippen LogP contribution in [0.4, 0.5) is 11.4 Å². The van der Waals surface area contributed by atoms with Crippen molar-refractivity contribution in [2.24, 2.45) is 11.8 Å². The maximum absolute atomic E-state index is 12.9. The number of aryl methyl sites for hydroxylation is 1. The first-order valence-electron chi connectivity index (χ1n) is 26.2. The van der Waals surface area contributed by atoms with E-state index in [1.54, 1.807) is 6.07 Å². The third-order valence-electron chi connectivity index (χ3n) is 14.8. The van der Waals surface area contributed by atoms with E-state index >= 15 is 0 Å². The number of carbonyl (C=O) groups is 3. The second-order valence-electron chi connectivity index (χ2n) is 21.2. The number of amides is 3. The predicted molar refractivity (Wildman–Crippen MR) is 290 cm³/mol. The molecule has 3 aromatic rings. The summed E-state index contributed by atoms with van der Waals surface area (Å²) in [7, 11) is -12.1. The molecule has 0 spiro atoms. The van der Waals surface area contributed by atoms with Gasteiger partial charge in [0.1, 0.15) is 33.9 Å². The molecule has 416 valence electrons. The van der Waals surface area contributed by atoms with Crippen molar-refractivity contribution >= 4 is 65.7 Å². The molecular formula is C57H70N4Na2O13S3. The molecule has 1 saturated heterocycles. The molecule has 1 aliphatic carbocycles. The SMILES string of the molecule is CCCCCN1C(=CC=C2CCCC(C=CC3=[N+](CCCCS(=O)(=O)[O-])c4cc[c-]cc4C3(C)C)=C2Oc2ccc(CCC(=O)NCCN3C(=O)CC(C(C)C)C3=O)cc2)C(C)(C)c2cc(S(=O)(=O)[O-])ccc21.O=S(=O)=O.[Na+].[Na+]. The number of nitrogens with zero attached hydrogens (tertiary/aromatic N) is 3. The van der Waals surface area contributed by atoms with Crippen LogP contribution in [0.5, 0.6) is 5.75 Å². The van der Waals surface area contributed by atoms with Gasteiger partial charge in [0, 0.05) is 78.9 Å². The van der Waals surface area contributed by atoms with Crippen LogP contribution in [0.1, 0.15) is 129 Å². The molecule has 17 nitrogen and oxygen atoms in total. The number of allylic oxidation sites excluding steroid dienone is 7. The van der Waals surface area contributed by atoms with E-state index in [1.807, 2.05) is 70.2 Å². The number of hydrogen-bond acceptors (Lipinski definition) is 14. The van der Waals surface area contributed by atoms with Gasteiger partial charge in [0.25, 0.3) is 0 Å². The van der Waals surface area contributed by atoms with Crippen LogP contribution >= 0.6 is 0 Å². The maximum Gasteiger partial charge on any atom is 1.00 e. The summed E-state index contributed by atoms with van der Waals surface area (Å²) < 4.78 is 105. The van der Waals surface area contributed by atoms with Crippen molar-refractivity contribution in [3.05, 3.63) is 130 Å². The zero-order valence-electron chi connectivity index (χ0n) is 46.9. The molecule has 3 aromatic carbocycles. The molecule has 0 radical (unpaired) electrons. The average Bonchev–Trinajstić information content (AvgIpc) is 3.90. The Bertz CT molecular complexity index is 3240. The zero-order chi connectivity index (χ0) is 56.5. The third-order valence-corrected chi connectivity index (χ3v) is 16.4. The number of likely N-dealkylation sites (tertiary alicyclic amines) is 1. The second-order valence-corrected chi connectivity index (χ2v) is 24.5. The first kappa shape index (κ1) is 67.4. The van der Waals surface area contributed by atoms with Crippen molar-refractivity contribution in [3.63, 3.8) is 0 Å². The van der Waals surface area contributed by atoms with E-state index in [1.165, 1.54) is 17.0 Å². The minimum absolute atomic E-state index is 0. The molecule has 0 bridgehead atoms. The molecule has 1 N–H and O–H groups in total. The van der Waals surface area contributed by atoms with Crippen molar-refractivity contribution in [3.8, 4) is 5.75 Å². The average molecular weight is 1160 g/mol. The maximum atomic E-state index is 12.9. The monoisotopic (exact) mass is 1160 g/mol. The summed E-state index contributed by atoms with van der Waals surface area (Å²) in [5.41, 5.74) is 7.50. The number of carbonyl (C=O) groups excluding carboxylic acids is 3. The summed E-state index contributed by atoms with van der Waals surface area (Å²) in [6.07, 6.45) is 15.3. The van der Waals surface area contributed by atoms with Gasteiger partial charge in [-0.15, -0.1) is 18.7 Å². The molecular weight excluding hydrogens is 1090 g/mol. The molecule has 1 atom stereocenters. The van der Waals surface area contributed by atoms with Gasteiger partial charge in [-0.2, -0.15) is 18.2 Å². The van der Waals surface area contributed by atoms with Gasteiger partial charge in [0.15, 0.2) is 5.71 Å². The molecule has 4 aliphatic rings. The van der Waals surface area contributed by atoms with Crippen molar-refractivity contribution in [1.82, 2.24) is 10.2 Å². The van der Waals surface area contributed by atoms with E-state index in [0.29, 0.717) is 50.3 Å². The third kappa shape index (κ3) is 17.5. The standard InChI is InChI=1S/C57H72N4O10S2.2Na.O3S/c1-8-9-12-33-60-49-28-27-44(73(68,69)70)37-47(49)57(6,7)51(60)30-24-42-17-15-16-41(23-29-50-56(4,5)46-18-10-11-19-48(46)59(50)34-13-14-36-72(65,66)67)54(42)71-43-25-20-40(21-26-43)22-31-52(62)58-32-35-61-53(63)38-45(39(2)3)55(61)64;;;1-4(2)3/h11,18-21,23-30,37,39,45H,8-9,12-17,22,31-36,38H2,1-7H3,(H,58,62)(H,65,66,67)(H,68,69,70);;;/q;2*+1;/p-2. The number of hydrogen-bond donors (Lipinski definition) is 1. The quantitative estimate of drug-likeness (QED) is 0.0378. The van der Waals surface area contributed by atoms with E-state index in [-0.39, 0.29) is 126 Å². The topological polar surface area (TPSA) is 248 Å². The molecule has 22 heteroatoms. The fourth-order valence-corrected chi connectivity index (χ4v) is 11.6. The Morgan fingerprint density at radius 3 is 2.22 bits per heavy atom. The van der Waals surface area contributed by atoms with Crippen molar-refractivity contribution in [2.75, 3.05) is 36.8 Å². The van der Waals surface area contributed by atoms with Crippen LogP contribution in [0.25, 0.3) is 0 Å². The van der Waals surface area contributed by atoms with Crippen LogP contribution in [0.3, 0.4) is 0 Å². The van der Waals surface area contributed by atoms with Gasteiger partial charge in [0.2, 0.25) is 17.7 Å². The number of rotatable bonds is 22.